The van der Waals surface area contributed by atoms with E-state index in [1.165, 1.54) is 5.56 Å². The molecule has 1 aromatic carbocycles. The predicted octanol–water partition coefficient (Wildman–Crippen LogP) is 2.72. The first-order valence-electron chi connectivity index (χ1n) is 8.37. The minimum Gasteiger partial charge on any atom is -0.481 e. The standard InChI is InChI=1S/C19H27NO3/c1-2-3-13-20-14-11-17(21)19(15-20,18(22)23)12-7-10-16-8-5-4-6-9-16/h2,4-6,8-9,17,21H,1,3,7,10-15H2,(H,22,23)/t17-,19-/m1/s1. The number of aryl methyl sites for hydroxylation is 1. The second kappa shape index (κ2) is 8.27. The molecular formula is C19H27NO3. The number of aliphatic hydroxyl groups excluding tert-OH is 1. The number of aliphatic carboxylic acids is 1. The van der Waals surface area contributed by atoms with Crippen LogP contribution in [0.2, 0.25) is 0 Å². The maximum Gasteiger partial charge on any atom is 0.313 e. The summed E-state index contributed by atoms with van der Waals surface area (Å²) in [4.78, 5) is 14.1. The quantitative estimate of drug-likeness (QED) is 0.724. The molecule has 0 radical (unpaired) electrons. The highest BCUT2D eigenvalue weighted by Crippen LogP contribution is 2.36. The van der Waals surface area contributed by atoms with Gasteiger partial charge in [0.2, 0.25) is 0 Å². The lowest BCUT2D eigenvalue weighted by Crippen LogP contribution is -2.56. The predicted molar refractivity (Wildman–Crippen MR) is 91.3 cm³/mol. The molecule has 4 heteroatoms. The Morgan fingerprint density at radius 2 is 2.13 bits per heavy atom. The molecule has 2 atom stereocenters. The number of carboxylic acid groups (broad SMARTS) is 1. The van der Waals surface area contributed by atoms with E-state index in [1.807, 2.05) is 24.3 Å². The number of hydrogen-bond donors (Lipinski definition) is 2. The fraction of sp³-hybridized carbons (Fsp3) is 0.526. The molecule has 0 aliphatic carbocycles. The van der Waals surface area contributed by atoms with E-state index in [4.69, 9.17) is 0 Å². The van der Waals surface area contributed by atoms with Gasteiger partial charge in [0.1, 0.15) is 5.41 Å². The Kier molecular flexibility index (Phi) is 6.37. The first kappa shape index (κ1) is 17.7. The van der Waals surface area contributed by atoms with Gasteiger partial charge in [-0.3, -0.25) is 4.79 Å². The lowest BCUT2D eigenvalue weighted by Gasteiger charge is -2.43. The lowest BCUT2D eigenvalue weighted by molar-refractivity contribution is -0.164. The molecule has 0 amide bonds. The Bertz CT molecular complexity index is 517. The van der Waals surface area contributed by atoms with E-state index in [1.54, 1.807) is 0 Å². The molecule has 126 valence electrons. The molecule has 1 saturated heterocycles. The van der Waals surface area contributed by atoms with Crippen LogP contribution in [0.15, 0.2) is 43.0 Å². The molecule has 0 aromatic heterocycles. The van der Waals surface area contributed by atoms with E-state index in [2.05, 4.69) is 23.6 Å². The average molecular weight is 317 g/mol. The minimum absolute atomic E-state index is 0.423. The van der Waals surface area contributed by atoms with Crippen LogP contribution in [0.3, 0.4) is 0 Å². The zero-order chi connectivity index (χ0) is 16.7. The maximum absolute atomic E-state index is 11.9. The highest BCUT2D eigenvalue weighted by atomic mass is 16.4. The van der Waals surface area contributed by atoms with E-state index in [0.717, 1.165) is 32.4 Å². The van der Waals surface area contributed by atoms with E-state index in [9.17, 15) is 15.0 Å². The number of benzene rings is 1. The summed E-state index contributed by atoms with van der Waals surface area (Å²) in [5.41, 5.74) is 0.163. The van der Waals surface area contributed by atoms with Crippen LogP contribution in [0, 0.1) is 5.41 Å². The Labute approximate surface area is 138 Å². The second-order valence-electron chi connectivity index (χ2n) is 6.46. The molecule has 1 aliphatic rings. The van der Waals surface area contributed by atoms with E-state index < -0.39 is 17.5 Å². The molecule has 1 fully saturated rings. The maximum atomic E-state index is 11.9. The van der Waals surface area contributed by atoms with Gasteiger partial charge in [0, 0.05) is 19.6 Å². The molecule has 4 nitrogen and oxygen atoms in total. The van der Waals surface area contributed by atoms with Gasteiger partial charge in [0.15, 0.2) is 0 Å². The largest absolute Gasteiger partial charge is 0.481 e. The molecule has 2 N–H and O–H groups in total. The molecular weight excluding hydrogens is 290 g/mol. The van der Waals surface area contributed by atoms with Gasteiger partial charge in [-0.05, 0) is 37.7 Å². The van der Waals surface area contributed by atoms with Crippen LogP contribution >= 0.6 is 0 Å². The fourth-order valence-corrected chi connectivity index (χ4v) is 3.44. The number of aliphatic hydroxyl groups is 1. The van der Waals surface area contributed by atoms with Gasteiger partial charge in [-0.25, -0.2) is 0 Å². The summed E-state index contributed by atoms with van der Waals surface area (Å²) in [6.45, 7) is 5.71. The summed E-state index contributed by atoms with van der Waals surface area (Å²) in [7, 11) is 0. The Morgan fingerprint density at radius 1 is 1.39 bits per heavy atom. The highest BCUT2D eigenvalue weighted by molar-refractivity contribution is 5.76. The third-order valence-corrected chi connectivity index (χ3v) is 4.87. The summed E-state index contributed by atoms with van der Waals surface area (Å²) in [6.07, 6.45) is 4.56. The summed E-state index contributed by atoms with van der Waals surface area (Å²) < 4.78 is 0. The van der Waals surface area contributed by atoms with Gasteiger partial charge in [0.25, 0.3) is 0 Å². The Hall–Kier alpha value is -1.65. The SMILES string of the molecule is C=CCCN1CC[C@@H](O)[C@](CCCc2ccccc2)(C(=O)O)C1. The molecule has 0 bridgehead atoms. The van der Waals surface area contributed by atoms with Crippen LogP contribution in [0.1, 0.15) is 31.2 Å². The van der Waals surface area contributed by atoms with Crippen molar-refractivity contribution in [3.63, 3.8) is 0 Å². The van der Waals surface area contributed by atoms with Crippen LogP contribution < -0.4 is 0 Å². The summed E-state index contributed by atoms with van der Waals surface area (Å²) >= 11 is 0. The van der Waals surface area contributed by atoms with Crippen LogP contribution in [0.5, 0.6) is 0 Å². The van der Waals surface area contributed by atoms with Crippen LogP contribution in [0.25, 0.3) is 0 Å². The first-order valence-corrected chi connectivity index (χ1v) is 8.37. The number of likely N-dealkylation sites (tertiary alicyclic amines) is 1. The Morgan fingerprint density at radius 3 is 2.78 bits per heavy atom. The van der Waals surface area contributed by atoms with E-state index in [0.29, 0.717) is 19.4 Å². The molecule has 0 spiro atoms. The zero-order valence-corrected chi connectivity index (χ0v) is 13.7. The summed E-state index contributed by atoms with van der Waals surface area (Å²) in [6, 6.07) is 10.1. The molecule has 0 saturated carbocycles. The van der Waals surface area contributed by atoms with Crippen molar-refractivity contribution < 1.29 is 15.0 Å². The Balaban J connectivity index is 2.01. The molecule has 2 rings (SSSR count). The monoisotopic (exact) mass is 317 g/mol. The highest BCUT2D eigenvalue weighted by Gasteiger charge is 2.48. The van der Waals surface area contributed by atoms with Crippen molar-refractivity contribution in [3.8, 4) is 0 Å². The van der Waals surface area contributed by atoms with Gasteiger partial charge >= 0.3 is 5.97 Å². The van der Waals surface area contributed by atoms with Crippen molar-refractivity contribution in [2.75, 3.05) is 19.6 Å². The summed E-state index contributed by atoms with van der Waals surface area (Å²) in [5.74, 6) is -0.874. The number of rotatable bonds is 8. The van der Waals surface area contributed by atoms with Crippen molar-refractivity contribution in [2.45, 2.75) is 38.2 Å². The number of carbonyl (C=O) groups is 1. The van der Waals surface area contributed by atoms with Gasteiger partial charge in [-0.1, -0.05) is 36.4 Å². The average Bonchev–Trinajstić information content (AvgIpc) is 2.56. The molecule has 23 heavy (non-hydrogen) atoms. The van der Waals surface area contributed by atoms with Gasteiger partial charge in [0.05, 0.1) is 6.10 Å². The van der Waals surface area contributed by atoms with Crippen molar-refractivity contribution >= 4 is 5.97 Å². The smallest absolute Gasteiger partial charge is 0.313 e. The van der Waals surface area contributed by atoms with Crippen molar-refractivity contribution in [2.24, 2.45) is 5.41 Å². The molecule has 0 unspecified atom stereocenters. The van der Waals surface area contributed by atoms with Crippen LogP contribution in [0.4, 0.5) is 0 Å². The van der Waals surface area contributed by atoms with Crippen LogP contribution in [-0.4, -0.2) is 46.8 Å². The number of piperidine rings is 1. The van der Waals surface area contributed by atoms with Crippen molar-refractivity contribution in [1.29, 1.82) is 0 Å². The summed E-state index contributed by atoms with van der Waals surface area (Å²) in [5, 5.41) is 20.2. The number of carboxylic acids is 1. The normalized spacial score (nSPS) is 25.2. The van der Waals surface area contributed by atoms with E-state index in [-0.39, 0.29) is 0 Å². The van der Waals surface area contributed by atoms with Crippen LogP contribution in [-0.2, 0) is 11.2 Å². The van der Waals surface area contributed by atoms with Crippen molar-refractivity contribution in [3.05, 3.63) is 48.6 Å². The lowest BCUT2D eigenvalue weighted by atomic mass is 9.73. The van der Waals surface area contributed by atoms with Gasteiger partial charge in [-0.2, -0.15) is 0 Å². The fourth-order valence-electron chi connectivity index (χ4n) is 3.44. The molecule has 1 aromatic rings. The first-order chi connectivity index (χ1) is 11.1. The third-order valence-electron chi connectivity index (χ3n) is 4.87. The molecule has 1 heterocycles. The van der Waals surface area contributed by atoms with Gasteiger partial charge < -0.3 is 15.1 Å². The minimum atomic E-state index is -1.05. The number of nitrogens with zero attached hydrogens (tertiary/aromatic N) is 1. The van der Waals surface area contributed by atoms with Crippen molar-refractivity contribution in [1.82, 2.24) is 4.90 Å². The third kappa shape index (κ3) is 4.43. The topological polar surface area (TPSA) is 60.8 Å². The van der Waals surface area contributed by atoms with Gasteiger partial charge in [-0.15, -0.1) is 6.58 Å². The zero-order valence-electron chi connectivity index (χ0n) is 13.7. The van der Waals surface area contributed by atoms with E-state index >= 15 is 0 Å². The molecule has 1 aliphatic heterocycles. The second-order valence-corrected chi connectivity index (χ2v) is 6.46. The number of hydrogen-bond acceptors (Lipinski definition) is 3.